The number of alkyl halides is 6. The molecule has 0 unspecified atom stereocenters. The molecule has 0 N–H and O–H groups in total. The van der Waals surface area contributed by atoms with Crippen LogP contribution in [-0.2, 0) is 20.4 Å². The van der Waals surface area contributed by atoms with Crippen molar-refractivity contribution in [1.82, 2.24) is 0 Å². The quantitative estimate of drug-likeness (QED) is 0.691. The van der Waals surface area contributed by atoms with Crippen LogP contribution in [0.15, 0.2) is 58.3 Å². The largest absolute Gasteiger partial charge is 0.544 e. The van der Waals surface area contributed by atoms with E-state index in [0.29, 0.717) is 0 Å². The van der Waals surface area contributed by atoms with Crippen LogP contribution in [0.25, 0.3) is 0 Å². The van der Waals surface area contributed by atoms with Crippen LogP contribution in [0.2, 0.25) is 0 Å². The molecule has 0 bridgehead atoms. The minimum atomic E-state index is -6.61. The molecule has 1 amide bonds. The molecule has 0 atom stereocenters. The van der Waals surface area contributed by atoms with E-state index in [1.807, 2.05) is 0 Å². The number of aliphatic carboxylic acids is 1. The van der Waals surface area contributed by atoms with Crippen LogP contribution in [0.3, 0.4) is 0 Å². The van der Waals surface area contributed by atoms with Crippen molar-refractivity contribution in [3.63, 3.8) is 0 Å². The van der Waals surface area contributed by atoms with Crippen LogP contribution in [-0.4, -0.2) is 33.9 Å². The normalized spacial score (nSPS) is 14.9. The summed E-state index contributed by atoms with van der Waals surface area (Å²) < 4.78 is 95.5. The first-order valence-electron chi connectivity index (χ1n) is 7.65. The average Bonchev–Trinajstić information content (AvgIpc) is 2.67. The third kappa shape index (κ3) is 2.81. The maximum absolute atomic E-state index is 14.3. The van der Waals surface area contributed by atoms with Gasteiger partial charge in [0, 0.05) is 0 Å². The van der Waals surface area contributed by atoms with Crippen molar-refractivity contribution in [2.75, 3.05) is 4.90 Å². The van der Waals surface area contributed by atoms with E-state index >= 15 is 0 Å². The van der Waals surface area contributed by atoms with Crippen molar-refractivity contribution in [2.24, 2.45) is 0 Å². The van der Waals surface area contributed by atoms with Crippen LogP contribution in [0.5, 0.6) is 0 Å². The number of rotatable bonds is 4. The smallest absolute Gasteiger partial charge is 0.393 e. The van der Waals surface area contributed by atoms with Gasteiger partial charge in [-0.3, -0.25) is 9.69 Å². The van der Waals surface area contributed by atoms with Gasteiger partial charge >= 0.3 is 23.7 Å². The molecule has 2 aromatic rings. The zero-order valence-corrected chi connectivity index (χ0v) is 14.7. The molecule has 0 saturated carbocycles. The highest BCUT2D eigenvalue weighted by Gasteiger charge is 2.76. The van der Waals surface area contributed by atoms with Gasteiger partial charge in [0.15, 0.2) is 0 Å². The molecular weight excluding hydrogens is 428 g/mol. The van der Waals surface area contributed by atoms with E-state index in [1.54, 1.807) is 0 Å². The van der Waals surface area contributed by atoms with Gasteiger partial charge in [-0.25, -0.2) is 4.21 Å². The van der Waals surface area contributed by atoms with Gasteiger partial charge in [-0.15, -0.1) is 0 Å². The fraction of sp³-hybridized carbons (Fsp3) is 0.176. The number of amides is 1. The Kier molecular flexibility index (Phi) is 4.72. The monoisotopic (exact) mass is 436 g/mol. The van der Waals surface area contributed by atoms with Crippen molar-refractivity contribution in [2.45, 2.75) is 27.6 Å². The fourth-order valence-corrected chi connectivity index (χ4v) is 4.00. The van der Waals surface area contributed by atoms with Gasteiger partial charge in [0.05, 0.1) is 32.0 Å². The van der Waals surface area contributed by atoms with E-state index in [1.165, 1.54) is 36.4 Å². The standard InChI is InChI=1S/C17H9F6NO4S/c18-15(19,17(22,23)16(20,21)14(26)27)13(25)24-9-5-1-3-7-11(9)29(28)12-8-4-2-6-10(12)24/h1-8H,(H,26,27)/p-1. The maximum Gasteiger partial charge on any atom is 0.393 e. The molecule has 0 radical (unpaired) electrons. The predicted octanol–water partition coefficient (Wildman–Crippen LogP) is 2.49. The topological polar surface area (TPSA) is 77.5 Å². The number of benzene rings is 2. The van der Waals surface area contributed by atoms with Crippen molar-refractivity contribution < 1.29 is 45.2 Å². The highest BCUT2D eigenvalue weighted by Crippen LogP contribution is 2.50. The molecule has 0 aliphatic carbocycles. The van der Waals surface area contributed by atoms with E-state index in [2.05, 4.69) is 0 Å². The lowest BCUT2D eigenvalue weighted by molar-refractivity contribution is -0.364. The molecule has 2 aromatic carbocycles. The second-order valence-electron chi connectivity index (χ2n) is 5.86. The van der Waals surface area contributed by atoms with Crippen LogP contribution < -0.4 is 10.0 Å². The number of carboxylic acid groups (broad SMARTS) is 1. The van der Waals surface area contributed by atoms with Crippen LogP contribution in [0.1, 0.15) is 0 Å². The molecule has 1 aliphatic heterocycles. The molecule has 0 aromatic heterocycles. The predicted molar refractivity (Wildman–Crippen MR) is 84.6 cm³/mol. The number of nitrogens with zero attached hydrogens (tertiary/aromatic N) is 1. The summed E-state index contributed by atoms with van der Waals surface area (Å²) in [6.07, 6.45) is 0. The second kappa shape index (κ2) is 6.58. The Morgan fingerprint density at radius 3 is 1.62 bits per heavy atom. The Labute approximate surface area is 161 Å². The van der Waals surface area contributed by atoms with Gasteiger partial charge in [0.25, 0.3) is 0 Å². The van der Waals surface area contributed by atoms with Crippen molar-refractivity contribution in [3.8, 4) is 0 Å². The third-order valence-corrected chi connectivity index (χ3v) is 5.62. The highest BCUT2D eigenvalue weighted by atomic mass is 32.2. The van der Waals surface area contributed by atoms with Crippen molar-refractivity contribution >= 4 is 34.1 Å². The molecule has 0 spiro atoms. The fourth-order valence-electron chi connectivity index (χ4n) is 2.66. The Morgan fingerprint density at radius 2 is 1.21 bits per heavy atom. The number of carbonyl (C=O) groups excluding carboxylic acids is 2. The molecule has 3 rings (SSSR count). The van der Waals surface area contributed by atoms with Crippen LogP contribution >= 0.6 is 0 Å². The molecule has 0 fully saturated rings. The van der Waals surface area contributed by atoms with E-state index in [9.17, 15) is 45.2 Å². The highest BCUT2D eigenvalue weighted by molar-refractivity contribution is 7.85. The van der Waals surface area contributed by atoms with E-state index in [0.717, 1.165) is 12.1 Å². The number of halogens is 6. The van der Waals surface area contributed by atoms with Crippen LogP contribution in [0.4, 0.5) is 37.7 Å². The lowest BCUT2D eigenvalue weighted by Crippen LogP contribution is -2.66. The lowest BCUT2D eigenvalue weighted by Gasteiger charge is -2.37. The van der Waals surface area contributed by atoms with Gasteiger partial charge in [0.1, 0.15) is 5.97 Å². The van der Waals surface area contributed by atoms with E-state index in [-0.39, 0.29) is 14.7 Å². The number of hydrogen-bond donors (Lipinski definition) is 0. The Bertz CT molecular complexity index is 993. The molecule has 12 heteroatoms. The summed E-state index contributed by atoms with van der Waals surface area (Å²) >= 11 is 0. The summed E-state index contributed by atoms with van der Waals surface area (Å²) in [5, 5.41) is 10.3. The number of carbonyl (C=O) groups is 2. The summed E-state index contributed by atoms with van der Waals surface area (Å²) in [6, 6.07) is 9.47. The lowest BCUT2D eigenvalue weighted by atomic mass is 10.0. The SMILES string of the molecule is O=C([O-])C(F)(F)C(F)(F)C(F)(F)C(=O)N1c2ccccc2S(=O)c2ccccc21. The third-order valence-electron chi connectivity index (χ3n) is 4.13. The molecular formula is C17H8F6NO4S-. The van der Waals surface area contributed by atoms with Gasteiger partial charge in [-0.1, -0.05) is 24.3 Å². The first kappa shape index (κ1) is 20.8. The van der Waals surface area contributed by atoms with Gasteiger partial charge in [-0.2, -0.15) is 26.3 Å². The summed E-state index contributed by atoms with van der Waals surface area (Å²) in [6.45, 7) is 0. The van der Waals surface area contributed by atoms with E-state index < -0.39 is 51.8 Å². The second-order valence-corrected chi connectivity index (χ2v) is 7.27. The van der Waals surface area contributed by atoms with Crippen molar-refractivity contribution in [1.29, 1.82) is 0 Å². The molecule has 0 saturated heterocycles. The molecule has 1 heterocycles. The number of carboxylic acids is 1. The summed E-state index contributed by atoms with van der Waals surface area (Å²) in [5.74, 6) is -25.7. The number of fused-ring (bicyclic) bond motifs is 2. The number of anilines is 2. The first-order chi connectivity index (χ1) is 13.4. The Balaban J connectivity index is 2.21. The number of hydrogen-bond acceptors (Lipinski definition) is 4. The van der Waals surface area contributed by atoms with Gasteiger partial charge < -0.3 is 9.90 Å². The Hall–Kier alpha value is -2.89. The molecule has 1 aliphatic rings. The summed E-state index contributed by atoms with van der Waals surface area (Å²) in [5.41, 5.74) is -0.997. The Morgan fingerprint density at radius 1 is 0.793 bits per heavy atom. The van der Waals surface area contributed by atoms with Crippen LogP contribution in [0, 0.1) is 0 Å². The average molecular weight is 436 g/mol. The van der Waals surface area contributed by atoms with Crippen molar-refractivity contribution in [3.05, 3.63) is 48.5 Å². The van der Waals surface area contributed by atoms with Gasteiger partial charge in [0.2, 0.25) is 0 Å². The number of para-hydroxylation sites is 2. The maximum atomic E-state index is 14.3. The van der Waals surface area contributed by atoms with Gasteiger partial charge in [-0.05, 0) is 24.3 Å². The zero-order valence-electron chi connectivity index (χ0n) is 13.9. The molecule has 29 heavy (non-hydrogen) atoms. The summed E-state index contributed by atoms with van der Waals surface area (Å²) in [4.78, 5) is 22.3. The minimum Gasteiger partial charge on any atom is -0.544 e. The molecule has 5 nitrogen and oxygen atoms in total. The zero-order chi connectivity index (χ0) is 21.8. The van der Waals surface area contributed by atoms with E-state index in [4.69, 9.17) is 0 Å². The minimum absolute atomic E-state index is 0.0192. The summed E-state index contributed by atoms with van der Waals surface area (Å²) in [7, 11) is -1.98. The molecule has 154 valence electrons. The first-order valence-corrected chi connectivity index (χ1v) is 8.80.